The van der Waals surface area contributed by atoms with Gasteiger partial charge in [-0.1, -0.05) is 25.1 Å². The van der Waals surface area contributed by atoms with Gasteiger partial charge in [0.25, 0.3) is 5.91 Å². The lowest BCUT2D eigenvalue weighted by atomic mass is 10.2. The number of esters is 1. The average Bonchev–Trinajstić information content (AvgIpc) is 2.88. The minimum Gasteiger partial charge on any atom is -0.452 e. The molecule has 128 valence electrons. The molecule has 0 bridgehead atoms. The molecule has 1 atom stereocenters. The van der Waals surface area contributed by atoms with Crippen molar-refractivity contribution in [3.63, 3.8) is 0 Å². The van der Waals surface area contributed by atoms with E-state index in [0.717, 1.165) is 12.1 Å². The first-order chi connectivity index (χ1) is 11.4. The van der Waals surface area contributed by atoms with Crippen molar-refractivity contribution in [1.82, 2.24) is 15.1 Å². The van der Waals surface area contributed by atoms with Gasteiger partial charge in [-0.05, 0) is 39.3 Å². The number of hydrogen-bond donors (Lipinski definition) is 1. The average molecular weight is 329 g/mol. The van der Waals surface area contributed by atoms with E-state index in [9.17, 15) is 9.59 Å². The fourth-order valence-electron chi connectivity index (χ4n) is 2.38. The van der Waals surface area contributed by atoms with Gasteiger partial charge >= 0.3 is 5.97 Å². The normalized spacial score (nSPS) is 11.8. The molecule has 1 amide bonds. The van der Waals surface area contributed by atoms with Gasteiger partial charge < -0.3 is 10.1 Å². The van der Waals surface area contributed by atoms with Crippen LogP contribution in [0.25, 0.3) is 5.69 Å². The van der Waals surface area contributed by atoms with Crippen LogP contribution in [-0.2, 0) is 9.53 Å². The maximum absolute atomic E-state index is 12.3. The van der Waals surface area contributed by atoms with Crippen LogP contribution in [0.1, 0.15) is 42.0 Å². The molecule has 1 aromatic carbocycles. The van der Waals surface area contributed by atoms with Crippen LogP contribution in [0, 0.1) is 13.8 Å². The largest absolute Gasteiger partial charge is 0.452 e. The molecule has 1 aromatic heterocycles. The standard InChI is InChI=1S/C18H23N3O3/c1-5-12(2)19-16(22)11-24-18(23)17-13(3)20-21(14(17)4)15-9-7-6-8-10-15/h6-10,12H,5,11H2,1-4H3,(H,19,22)/t12-/m0/s1. The van der Waals surface area contributed by atoms with Gasteiger partial charge in [-0.2, -0.15) is 5.10 Å². The van der Waals surface area contributed by atoms with Gasteiger partial charge in [0.05, 0.1) is 17.1 Å². The minimum atomic E-state index is -0.536. The Labute approximate surface area is 141 Å². The monoisotopic (exact) mass is 329 g/mol. The number of aryl methyl sites for hydroxylation is 1. The lowest BCUT2D eigenvalue weighted by Crippen LogP contribution is -2.35. The third kappa shape index (κ3) is 4.01. The number of benzene rings is 1. The van der Waals surface area contributed by atoms with E-state index in [2.05, 4.69) is 10.4 Å². The van der Waals surface area contributed by atoms with Gasteiger partial charge in [0, 0.05) is 6.04 Å². The van der Waals surface area contributed by atoms with Gasteiger partial charge in [-0.15, -0.1) is 0 Å². The summed E-state index contributed by atoms with van der Waals surface area (Å²) in [6.07, 6.45) is 0.821. The zero-order chi connectivity index (χ0) is 17.7. The number of nitrogens with one attached hydrogen (secondary N) is 1. The van der Waals surface area contributed by atoms with Gasteiger partial charge in [0.15, 0.2) is 6.61 Å². The Hall–Kier alpha value is -2.63. The van der Waals surface area contributed by atoms with Crippen LogP contribution in [0.2, 0.25) is 0 Å². The van der Waals surface area contributed by atoms with Gasteiger partial charge in [-0.25, -0.2) is 9.48 Å². The van der Waals surface area contributed by atoms with Gasteiger partial charge in [-0.3, -0.25) is 4.79 Å². The summed E-state index contributed by atoms with van der Waals surface area (Å²) in [6, 6.07) is 9.61. The Morgan fingerprint density at radius 2 is 1.92 bits per heavy atom. The summed E-state index contributed by atoms with van der Waals surface area (Å²) in [5.41, 5.74) is 2.52. The van der Waals surface area contributed by atoms with Crippen LogP contribution in [0.4, 0.5) is 0 Å². The molecule has 0 unspecified atom stereocenters. The van der Waals surface area contributed by atoms with Crippen molar-refractivity contribution in [3.8, 4) is 5.69 Å². The molecular weight excluding hydrogens is 306 g/mol. The molecule has 1 N–H and O–H groups in total. The lowest BCUT2D eigenvalue weighted by Gasteiger charge is -2.11. The van der Waals surface area contributed by atoms with Gasteiger partial charge in [0.1, 0.15) is 5.56 Å². The summed E-state index contributed by atoms with van der Waals surface area (Å²) >= 11 is 0. The zero-order valence-electron chi connectivity index (χ0n) is 14.5. The van der Waals surface area contributed by atoms with Crippen molar-refractivity contribution < 1.29 is 14.3 Å². The second-order valence-electron chi connectivity index (χ2n) is 5.75. The molecule has 0 saturated heterocycles. The summed E-state index contributed by atoms with van der Waals surface area (Å²) in [6.45, 7) is 7.14. The van der Waals surface area contributed by atoms with Crippen LogP contribution < -0.4 is 5.32 Å². The van der Waals surface area contributed by atoms with E-state index in [1.807, 2.05) is 51.1 Å². The molecule has 24 heavy (non-hydrogen) atoms. The molecule has 6 nitrogen and oxygen atoms in total. The van der Waals surface area contributed by atoms with Crippen LogP contribution >= 0.6 is 0 Å². The molecule has 0 fully saturated rings. The molecule has 0 radical (unpaired) electrons. The summed E-state index contributed by atoms with van der Waals surface area (Å²) in [7, 11) is 0. The Bertz CT molecular complexity index is 723. The molecule has 0 spiro atoms. The summed E-state index contributed by atoms with van der Waals surface area (Å²) < 4.78 is 6.84. The van der Waals surface area contributed by atoms with Gasteiger partial charge in [0.2, 0.25) is 0 Å². The maximum atomic E-state index is 12.3. The Kier molecular flexibility index (Phi) is 5.73. The molecule has 2 aromatic rings. The van der Waals surface area contributed by atoms with Crippen molar-refractivity contribution in [2.75, 3.05) is 6.61 Å². The molecule has 0 aliphatic heterocycles. The third-order valence-corrected chi connectivity index (χ3v) is 3.85. The minimum absolute atomic E-state index is 0.0560. The van der Waals surface area contributed by atoms with E-state index in [-0.39, 0.29) is 18.6 Å². The molecule has 0 aliphatic carbocycles. The van der Waals surface area contributed by atoms with Crippen molar-refractivity contribution in [3.05, 3.63) is 47.3 Å². The zero-order valence-corrected chi connectivity index (χ0v) is 14.5. The lowest BCUT2D eigenvalue weighted by molar-refractivity contribution is -0.124. The molecule has 2 rings (SSSR count). The number of hydrogen-bond acceptors (Lipinski definition) is 4. The number of rotatable bonds is 6. The molecule has 0 aliphatic rings. The predicted octanol–water partition coefficient (Wildman–Crippen LogP) is 2.56. The first-order valence-corrected chi connectivity index (χ1v) is 8.02. The Morgan fingerprint density at radius 3 is 2.54 bits per heavy atom. The maximum Gasteiger partial charge on any atom is 0.342 e. The highest BCUT2D eigenvalue weighted by Crippen LogP contribution is 2.18. The molecule has 6 heteroatoms. The number of carbonyl (C=O) groups is 2. The first-order valence-electron chi connectivity index (χ1n) is 8.02. The number of aromatic nitrogens is 2. The quantitative estimate of drug-likeness (QED) is 0.827. The Balaban J connectivity index is 2.11. The van der Waals surface area contributed by atoms with Crippen molar-refractivity contribution in [2.24, 2.45) is 0 Å². The van der Waals surface area contributed by atoms with Crippen LogP contribution in [0.3, 0.4) is 0 Å². The second kappa shape index (κ2) is 7.77. The number of nitrogens with zero attached hydrogens (tertiary/aromatic N) is 2. The van der Waals surface area contributed by atoms with Crippen molar-refractivity contribution in [2.45, 2.75) is 40.2 Å². The highest BCUT2D eigenvalue weighted by Gasteiger charge is 2.21. The van der Waals surface area contributed by atoms with E-state index in [4.69, 9.17) is 4.74 Å². The number of carbonyl (C=O) groups excluding carboxylic acids is 2. The Morgan fingerprint density at radius 1 is 1.25 bits per heavy atom. The van der Waals surface area contributed by atoms with E-state index < -0.39 is 5.97 Å². The van der Waals surface area contributed by atoms with E-state index in [1.54, 1.807) is 11.6 Å². The number of ether oxygens (including phenoxy) is 1. The highest BCUT2D eigenvalue weighted by molar-refractivity contribution is 5.93. The van der Waals surface area contributed by atoms with E-state index in [0.29, 0.717) is 17.0 Å². The van der Waals surface area contributed by atoms with Crippen LogP contribution in [-0.4, -0.2) is 34.3 Å². The highest BCUT2D eigenvalue weighted by atomic mass is 16.5. The van der Waals surface area contributed by atoms with E-state index in [1.165, 1.54) is 0 Å². The summed E-state index contributed by atoms with van der Waals surface area (Å²) in [5.74, 6) is -0.838. The first kappa shape index (κ1) is 17.7. The number of para-hydroxylation sites is 1. The SMILES string of the molecule is CC[C@H](C)NC(=O)COC(=O)c1c(C)nn(-c2ccccc2)c1C. The molecule has 0 saturated carbocycles. The van der Waals surface area contributed by atoms with Crippen LogP contribution in [0.15, 0.2) is 30.3 Å². The van der Waals surface area contributed by atoms with E-state index >= 15 is 0 Å². The van der Waals surface area contributed by atoms with Crippen molar-refractivity contribution in [1.29, 1.82) is 0 Å². The predicted molar refractivity (Wildman–Crippen MR) is 91.2 cm³/mol. The molecular formula is C18H23N3O3. The summed E-state index contributed by atoms with van der Waals surface area (Å²) in [5, 5.41) is 7.17. The second-order valence-corrected chi connectivity index (χ2v) is 5.75. The number of amides is 1. The van der Waals surface area contributed by atoms with Crippen LogP contribution in [0.5, 0.6) is 0 Å². The fraction of sp³-hybridized carbons (Fsp3) is 0.389. The topological polar surface area (TPSA) is 73.2 Å². The summed E-state index contributed by atoms with van der Waals surface area (Å²) in [4.78, 5) is 24.1. The smallest absolute Gasteiger partial charge is 0.342 e. The third-order valence-electron chi connectivity index (χ3n) is 3.85. The van der Waals surface area contributed by atoms with Crippen molar-refractivity contribution >= 4 is 11.9 Å². The molecule has 1 heterocycles. The fourth-order valence-corrected chi connectivity index (χ4v) is 2.38.